The van der Waals surface area contributed by atoms with Crippen LogP contribution in [-0.4, -0.2) is 12.1 Å². The van der Waals surface area contributed by atoms with Crippen molar-refractivity contribution in [3.8, 4) is 0 Å². The van der Waals surface area contributed by atoms with Gasteiger partial charge in [-0.15, -0.1) is 0 Å². The summed E-state index contributed by atoms with van der Waals surface area (Å²) in [5.41, 5.74) is 2.20. The van der Waals surface area contributed by atoms with Gasteiger partial charge in [-0.05, 0) is 37.3 Å². The third-order valence-corrected chi connectivity index (χ3v) is 3.11. The monoisotopic (exact) mass is 230 g/mol. The van der Waals surface area contributed by atoms with Gasteiger partial charge in [0.25, 0.3) is 0 Å². The van der Waals surface area contributed by atoms with Crippen LogP contribution >= 0.6 is 0 Å². The standard InChI is InChI=1S/C15H18O2/c1-12-7-5-6-10-14(12)17-15(16)11-13-8-3-2-4-9-13/h2-4,7-9,14H,5-6,10-11H2,1H3. The highest BCUT2D eigenvalue weighted by molar-refractivity contribution is 5.73. The predicted molar refractivity (Wildman–Crippen MR) is 67.6 cm³/mol. The second-order valence-corrected chi connectivity index (χ2v) is 4.52. The molecule has 2 heteroatoms. The van der Waals surface area contributed by atoms with Gasteiger partial charge < -0.3 is 4.74 Å². The van der Waals surface area contributed by atoms with Gasteiger partial charge in [-0.1, -0.05) is 36.4 Å². The Morgan fingerprint density at radius 2 is 2.12 bits per heavy atom. The van der Waals surface area contributed by atoms with Gasteiger partial charge in [0.2, 0.25) is 0 Å². The first-order chi connectivity index (χ1) is 8.25. The summed E-state index contributed by atoms with van der Waals surface area (Å²) in [6.45, 7) is 2.04. The first kappa shape index (κ1) is 11.9. The van der Waals surface area contributed by atoms with Crippen LogP contribution in [0.2, 0.25) is 0 Å². The van der Waals surface area contributed by atoms with Crippen molar-refractivity contribution < 1.29 is 9.53 Å². The quantitative estimate of drug-likeness (QED) is 0.588. The van der Waals surface area contributed by atoms with E-state index < -0.39 is 0 Å². The van der Waals surface area contributed by atoms with E-state index in [1.165, 1.54) is 5.57 Å². The largest absolute Gasteiger partial charge is 0.458 e. The van der Waals surface area contributed by atoms with Crippen LogP contribution in [0.15, 0.2) is 42.0 Å². The van der Waals surface area contributed by atoms with Crippen LogP contribution in [0, 0.1) is 0 Å². The third kappa shape index (κ3) is 3.45. The number of hydrogen-bond donors (Lipinski definition) is 0. The fourth-order valence-electron chi connectivity index (χ4n) is 2.11. The summed E-state index contributed by atoms with van der Waals surface area (Å²) in [6.07, 6.45) is 5.72. The molecule has 0 radical (unpaired) electrons. The normalized spacial score (nSPS) is 19.6. The van der Waals surface area contributed by atoms with Crippen LogP contribution in [0.3, 0.4) is 0 Å². The number of carbonyl (C=O) groups excluding carboxylic acids is 1. The molecule has 1 atom stereocenters. The molecule has 90 valence electrons. The van der Waals surface area contributed by atoms with Crippen LogP contribution in [0.4, 0.5) is 0 Å². The Balaban J connectivity index is 1.89. The summed E-state index contributed by atoms with van der Waals surface area (Å²) < 4.78 is 5.50. The highest BCUT2D eigenvalue weighted by Crippen LogP contribution is 2.21. The Bertz CT molecular complexity index is 406. The average Bonchev–Trinajstić information content (AvgIpc) is 2.33. The third-order valence-electron chi connectivity index (χ3n) is 3.11. The van der Waals surface area contributed by atoms with Crippen LogP contribution in [0.1, 0.15) is 31.7 Å². The first-order valence-corrected chi connectivity index (χ1v) is 6.16. The number of carbonyl (C=O) groups is 1. The molecule has 0 saturated carbocycles. The van der Waals surface area contributed by atoms with E-state index in [0.29, 0.717) is 6.42 Å². The number of benzene rings is 1. The van der Waals surface area contributed by atoms with Crippen molar-refractivity contribution >= 4 is 5.97 Å². The van der Waals surface area contributed by atoms with Gasteiger partial charge >= 0.3 is 5.97 Å². The van der Waals surface area contributed by atoms with E-state index in [4.69, 9.17) is 4.74 Å². The molecule has 0 fully saturated rings. The number of rotatable bonds is 3. The molecule has 0 amide bonds. The molecule has 0 bridgehead atoms. The van der Waals surface area contributed by atoms with Gasteiger partial charge in [0.05, 0.1) is 6.42 Å². The van der Waals surface area contributed by atoms with Crippen LogP contribution in [-0.2, 0) is 16.0 Å². The maximum Gasteiger partial charge on any atom is 0.310 e. The smallest absolute Gasteiger partial charge is 0.310 e. The van der Waals surface area contributed by atoms with Gasteiger partial charge in [0.15, 0.2) is 0 Å². The zero-order valence-corrected chi connectivity index (χ0v) is 10.2. The molecule has 0 aliphatic heterocycles. The van der Waals surface area contributed by atoms with Crippen molar-refractivity contribution in [2.75, 3.05) is 0 Å². The molecular weight excluding hydrogens is 212 g/mol. The van der Waals surface area contributed by atoms with Gasteiger partial charge in [-0.25, -0.2) is 0 Å². The molecule has 1 aliphatic carbocycles. The zero-order valence-electron chi connectivity index (χ0n) is 10.2. The van der Waals surface area contributed by atoms with Crippen molar-refractivity contribution in [3.05, 3.63) is 47.5 Å². The van der Waals surface area contributed by atoms with E-state index in [2.05, 4.69) is 6.08 Å². The van der Waals surface area contributed by atoms with Gasteiger partial charge in [-0.3, -0.25) is 4.79 Å². The lowest BCUT2D eigenvalue weighted by Gasteiger charge is -2.22. The molecule has 2 nitrogen and oxygen atoms in total. The van der Waals surface area contributed by atoms with Crippen molar-refractivity contribution in [2.24, 2.45) is 0 Å². The SMILES string of the molecule is CC1=CCCCC1OC(=O)Cc1ccccc1. The topological polar surface area (TPSA) is 26.3 Å². The summed E-state index contributed by atoms with van der Waals surface area (Å²) in [4.78, 5) is 11.8. The van der Waals surface area contributed by atoms with E-state index in [9.17, 15) is 4.79 Å². The minimum Gasteiger partial charge on any atom is -0.458 e. The molecule has 2 rings (SSSR count). The Hall–Kier alpha value is -1.57. The Labute approximate surface area is 102 Å². The van der Waals surface area contributed by atoms with E-state index >= 15 is 0 Å². The van der Waals surface area contributed by atoms with Crippen molar-refractivity contribution in [3.63, 3.8) is 0 Å². The first-order valence-electron chi connectivity index (χ1n) is 6.16. The lowest BCUT2D eigenvalue weighted by Crippen LogP contribution is -2.22. The van der Waals surface area contributed by atoms with E-state index in [0.717, 1.165) is 24.8 Å². The highest BCUT2D eigenvalue weighted by Gasteiger charge is 2.18. The Kier molecular flexibility index (Phi) is 3.97. The lowest BCUT2D eigenvalue weighted by molar-refractivity contribution is -0.147. The molecule has 1 aliphatic rings. The molecule has 1 aromatic carbocycles. The maximum absolute atomic E-state index is 11.8. The molecule has 1 aromatic rings. The molecule has 17 heavy (non-hydrogen) atoms. The fourth-order valence-corrected chi connectivity index (χ4v) is 2.11. The zero-order chi connectivity index (χ0) is 12.1. The molecule has 0 aromatic heterocycles. The minimum absolute atomic E-state index is 0.0000350. The number of esters is 1. The van der Waals surface area contributed by atoms with E-state index in [-0.39, 0.29) is 12.1 Å². The molecule has 0 spiro atoms. The molecule has 0 heterocycles. The summed E-state index contributed by atoms with van der Waals surface area (Å²) in [6, 6.07) is 9.72. The summed E-state index contributed by atoms with van der Waals surface area (Å²) in [5.74, 6) is -0.129. The second kappa shape index (κ2) is 5.67. The predicted octanol–water partition coefficient (Wildman–Crippen LogP) is 3.27. The van der Waals surface area contributed by atoms with Crippen molar-refractivity contribution in [1.82, 2.24) is 0 Å². The number of hydrogen-bond acceptors (Lipinski definition) is 2. The highest BCUT2D eigenvalue weighted by atomic mass is 16.5. The summed E-state index contributed by atoms with van der Waals surface area (Å²) in [5, 5.41) is 0. The van der Waals surface area contributed by atoms with E-state index in [1.54, 1.807) is 0 Å². The second-order valence-electron chi connectivity index (χ2n) is 4.52. The molecule has 1 unspecified atom stereocenters. The van der Waals surface area contributed by atoms with Crippen LogP contribution < -0.4 is 0 Å². The van der Waals surface area contributed by atoms with Gasteiger partial charge in [0.1, 0.15) is 6.10 Å². The lowest BCUT2D eigenvalue weighted by atomic mass is 9.98. The maximum atomic E-state index is 11.8. The molecular formula is C15H18O2. The number of allylic oxidation sites excluding steroid dienone is 1. The Morgan fingerprint density at radius 1 is 1.35 bits per heavy atom. The van der Waals surface area contributed by atoms with Gasteiger partial charge in [-0.2, -0.15) is 0 Å². The number of ether oxygens (including phenoxy) is 1. The van der Waals surface area contributed by atoms with Crippen LogP contribution in [0.5, 0.6) is 0 Å². The average molecular weight is 230 g/mol. The molecule has 0 N–H and O–H groups in total. The van der Waals surface area contributed by atoms with Crippen molar-refractivity contribution in [1.29, 1.82) is 0 Å². The fraction of sp³-hybridized carbons (Fsp3) is 0.400. The van der Waals surface area contributed by atoms with Gasteiger partial charge in [0, 0.05) is 0 Å². The van der Waals surface area contributed by atoms with E-state index in [1.807, 2.05) is 37.3 Å². The summed E-state index contributed by atoms with van der Waals surface area (Å²) >= 11 is 0. The minimum atomic E-state index is -0.129. The Morgan fingerprint density at radius 3 is 2.82 bits per heavy atom. The molecule has 0 saturated heterocycles. The summed E-state index contributed by atoms with van der Waals surface area (Å²) in [7, 11) is 0. The van der Waals surface area contributed by atoms with Crippen molar-refractivity contribution in [2.45, 2.75) is 38.7 Å². The van der Waals surface area contributed by atoms with Crippen LogP contribution in [0.25, 0.3) is 0 Å².